The summed E-state index contributed by atoms with van der Waals surface area (Å²) in [6.45, 7) is 1.23. The van der Waals surface area contributed by atoms with Crippen LogP contribution < -0.4 is 5.32 Å². The molecule has 1 aromatic rings. The van der Waals surface area contributed by atoms with Crippen LogP contribution in [-0.4, -0.2) is 35.6 Å². The van der Waals surface area contributed by atoms with Gasteiger partial charge in [0.2, 0.25) is 0 Å². The monoisotopic (exact) mass is 320 g/mol. The van der Waals surface area contributed by atoms with Crippen LogP contribution in [0.2, 0.25) is 5.02 Å². The van der Waals surface area contributed by atoms with E-state index in [-0.39, 0.29) is 23.7 Å². The Kier molecular flexibility index (Phi) is 5.90. The lowest BCUT2D eigenvalue weighted by Gasteiger charge is -2.20. The molecule has 2 N–H and O–H groups in total. The molecule has 1 unspecified atom stereocenters. The first-order valence-corrected chi connectivity index (χ1v) is 6.45. The highest BCUT2D eigenvalue weighted by Crippen LogP contribution is 2.19. The van der Waals surface area contributed by atoms with Crippen molar-refractivity contribution in [3.63, 3.8) is 0 Å². The van der Waals surface area contributed by atoms with Gasteiger partial charge in [-0.25, -0.2) is 13.6 Å². The van der Waals surface area contributed by atoms with Crippen molar-refractivity contribution in [2.24, 2.45) is 5.92 Å². The number of hydrogen-bond acceptors (Lipinski definition) is 2. The highest BCUT2D eigenvalue weighted by molar-refractivity contribution is 6.30. The molecule has 2 amide bonds. The van der Waals surface area contributed by atoms with E-state index in [1.54, 1.807) is 0 Å². The molecule has 0 radical (unpaired) electrons. The molecule has 1 aromatic carbocycles. The molecule has 0 saturated heterocycles. The first kappa shape index (κ1) is 17.2. The standard InChI is InChI=1S/C13H15ClF2N2O3/c1-7(12(19)20)6-18(2)13(21)17-5-8-3-11(16)9(14)4-10(8)15/h3-4,7H,5-6H2,1-2H3,(H,17,21)(H,19,20). The molecule has 1 atom stereocenters. The fourth-order valence-electron chi connectivity index (χ4n) is 1.58. The van der Waals surface area contributed by atoms with E-state index < -0.39 is 29.6 Å². The Balaban J connectivity index is 2.61. The van der Waals surface area contributed by atoms with Gasteiger partial charge in [0.15, 0.2) is 0 Å². The van der Waals surface area contributed by atoms with Crippen molar-refractivity contribution in [2.45, 2.75) is 13.5 Å². The number of benzene rings is 1. The minimum absolute atomic E-state index is 0.00136. The van der Waals surface area contributed by atoms with Gasteiger partial charge in [-0.15, -0.1) is 0 Å². The molecule has 0 saturated carbocycles. The maximum absolute atomic E-state index is 13.5. The summed E-state index contributed by atoms with van der Waals surface area (Å²) >= 11 is 5.42. The van der Waals surface area contributed by atoms with Crippen LogP contribution in [0.25, 0.3) is 0 Å². The molecular formula is C13H15ClF2N2O3. The molecule has 0 spiro atoms. The van der Waals surface area contributed by atoms with Gasteiger partial charge in [-0.1, -0.05) is 18.5 Å². The van der Waals surface area contributed by atoms with Crippen molar-refractivity contribution in [1.29, 1.82) is 0 Å². The van der Waals surface area contributed by atoms with Gasteiger partial charge in [0, 0.05) is 25.7 Å². The average molecular weight is 321 g/mol. The number of nitrogens with one attached hydrogen (secondary N) is 1. The van der Waals surface area contributed by atoms with Gasteiger partial charge < -0.3 is 15.3 Å². The van der Waals surface area contributed by atoms with Crippen LogP contribution in [0.5, 0.6) is 0 Å². The van der Waals surface area contributed by atoms with E-state index in [0.29, 0.717) is 0 Å². The summed E-state index contributed by atoms with van der Waals surface area (Å²) in [4.78, 5) is 23.6. The van der Waals surface area contributed by atoms with E-state index in [1.165, 1.54) is 14.0 Å². The summed E-state index contributed by atoms with van der Waals surface area (Å²) < 4.78 is 26.7. The normalized spacial score (nSPS) is 11.9. The summed E-state index contributed by atoms with van der Waals surface area (Å²) in [5.41, 5.74) is -0.0510. The number of urea groups is 1. The number of rotatable bonds is 5. The van der Waals surface area contributed by atoms with Crippen LogP contribution >= 0.6 is 11.6 Å². The number of halogens is 3. The second kappa shape index (κ2) is 7.21. The van der Waals surface area contributed by atoms with Crippen molar-refractivity contribution < 1.29 is 23.5 Å². The fourth-order valence-corrected chi connectivity index (χ4v) is 1.73. The predicted molar refractivity (Wildman–Crippen MR) is 73.0 cm³/mol. The first-order valence-electron chi connectivity index (χ1n) is 6.07. The van der Waals surface area contributed by atoms with Crippen molar-refractivity contribution in [1.82, 2.24) is 10.2 Å². The number of carboxylic acids is 1. The van der Waals surface area contributed by atoms with Crippen LogP contribution in [-0.2, 0) is 11.3 Å². The molecule has 0 heterocycles. The lowest BCUT2D eigenvalue weighted by Crippen LogP contribution is -2.40. The van der Waals surface area contributed by atoms with E-state index in [0.717, 1.165) is 17.0 Å². The summed E-state index contributed by atoms with van der Waals surface area (Å²) in [5, 5.41) is 10.8. The zero-order chi connectivity index (χ0) is 16.2. The number of amides is 2. The third-order valence-corrected chi connectivity index (χ3v) is 3.13. The van der Waals surface area contributed by atoms with Crippen LogP contribution in [0.4, 0.5) is 13.6 Å². The minimum atomic E-state index is -1.03. The molecule has 0 aliphatic rings. The first-order chi connectivity index (χ1) is 9.72. The lowest BCUT2D eigenvalue weighted by molar-refractivity contribution is -0.141. The van der Waals surface area contributed by atoms with Gasteiger partial charge in [0.05, 0.1) is 10.9 Å². The zero-order valence-electron chi connectivity index (χ0n) is 11.5. The zero-order valence-corrected chi connectivity index (χ0v) is 12.2. The molecule has 0 fully saturated rings. The van der Waals surface area contributed by atoms with Crippen molar-refractivity contribution >= 4 is 23.6 Å². The average Bonchev–Trinajstić information content (AvgIpc) is 2.40. The van der Waals surface area contributed by atoms with Crippen LogP contribution in [0.15, 0.2) is 12.1 Å². The number of carbonyl (C=O) groups excluding carboxylic acids is 1. The number of carboxylic acid groups (broad SMARTS) is 1. The van der Waals surface area contributed by atoms with E-state index in [1.807, 2.05) is 0 Å². The summed E-state index contributed by atoms with van der Waals surface area (Å²) in [6, 6.07) is 1.14. The molecule has 0 bridgehead atoms. The largest absolute Gasteiger partial charge is 0.481 e. The number of carbonyl (C=O) groups is 2. The van der Waals surface area contributed by atoms with E-state index >= 15 is 0 Å². The summed E-state index contributed by atoms with van der Waals surface area (Å²) in [5.74, 6) is -3.27. The van der Waals surface area contributed by atoms with E-state index in [4.69, 9.17) is 16.7 Å². The van der Waals surface area contributed by atoms with Crippen LogP contribution in [0.1, 0.15) is 12.5 Å². The van der Waals surface area contributed by atoms with Crippen molar-refractivity contribution in [3.05, 3.63) is 34.4 Å². The molecule has 0 aliphatic heterocycles. The van der Waals surface area contributed by atoms with Gasteiger partial charge in [-0.3, -0.25) is 4.79 Å². The van der Waals surface area contributed by atoms with Crippen molar-refractivity contribution in [2.75, 3.05) is 13.6 Å². The molecule has 1 rings (SSSR count). The van der Waals surface area contributed by atoms with E-state index in [9.17, 15) is 18.4 Å². The van der Waals surface area contributed by atoms with Crippen LogP contribution in [0, 0.1) is 17.6 Å². The molecule has 116 valence electrons. The molecule has 0 aromatic heterocycles. The third-order valence-electron chi connectivity index (χ3n) is 2.84. The molecular weight excluding hydrogens is 306 g/mol. The summed E-state index contributed by atoms with van der Waals surface area (Å²) in [6.07, 6.45) is 0. The van der Waals surface area contributed by atoms with E-state index in [2.05, 4.69) is 5.32 Å². The number of hydrogen-bond donors (Lipinski definition) is 2. The van der Waals surface area contributed by atoms with Crippen molar-refractivity contribution in [3.8, 4) is 0 Å². The Bertz CT molecular complexity index is 554. The Labute approximate surface area is 125 Å². The Morgan fingerprint density at radius 2 is 2.00 bits per heavy atom. The Morgan fingerprint density at radius 3 is 2.57 bits per heavy atom. The highest BCUT2D eigenvalue weighted by atomic mass is 35.5. The third kappa shape index (κ3) is 4.86. The van der Waals surface area contributed by atoms with Gasteiger partial charge in [0.1, 0.15) is 11.6 Å². The minimum Gasteiger partial charge on any atom is -0.481 e. The van der Waals surface area contributed by atoms with Gasteiger partial charge in [-0.05, 0) is 12.1 Å². The lowest BCUT2D eigenvalue weighted by atomic mass is 10.2. The molecule has 8 heteroatoms. The predicted octanol–water partition coefficient (Wildman–Crippen LogP) is 2.48. The Hall–Kier alpha value is -1.89. The fraction of sp³-hybridized carbons (Fsp3) is 0.385. The molecule has 21 heavy (non-hydrogen) atoms. The number of nitrogens with zero attached hydrogens (tertiary/aromatic N) is 1. The SMILES string of the molecule is CC(CN(C)C(=O)NCc1cc(F)c(Cl)cc1F)C(=O)O. The maximum Gasteiger partial charge on any atom is 0.317 e. The second-order valence-electron chi connectivity index (χ2n) is 4.64. The second-order valence-corrected chi connectivity index (χ2v) is 5.04. The molecule has 0 aliphatic carbocycles. The van der Waals surface area contributed by atoms with Gasteiger partial charge in [-0.2, -0.15) is 0 Å². The summed E-state index contributed by atoms with van der Waals surface area (Å²) in [7, 11) is 1.41. The maximum atomic E-state index is 13.5. The van der Waals surface area contributed by atoms with Gasteiger partial charge in [0.25, 0.3) is 0 Å². The highest BCUT2D eigenvalue weighted by Gasteiger charge is 2.17. The smallest absolute Gasteiger partial charge is 0.317 e. The number of aliphatic carboxylic acids is 1. The topological polar surface area (TPSA) is 69.6 Å². The Morgan fingerprint density at radius 1 is 1.38 bits per heavy atom. The quantitative estimate of drug-likeness (QED) is 0.819. The molecule has 5 nitrogen and oxygen atoms in total. The van der Waals surface area contributed by atoms with Gasteiger partial charge >= 0.3 is 12.0 Å². The van der Waals surface area contributed by atoms with Crippen LogP contribution in [0.3, 0.4) is 0 Å².